The van der Waals surface area contributed by atoms with Crippen LogP contribution >= 0.6 is 15.9 Å². The van der Waals surface area contributed by atoms with Gasteiger partial charge in [0, 0.05) is 11.0 Å². The Hall–Kier alpha value is -2.83. The Balaban J connectivity index is 1.66. The molecule has 1 fully saturated rings. The van der Waals surface area contributed by atoms with Crippen LogP contribution in [0.3, 0.4) is 0 Å². The predicted molar refractivity (Wildman–Crippen MR) is 136 cm³/mol. The number of halogens is 1. The van der Waals surface area contributed by atoms with Crippen molar-refractivity contribution < 1.29 is 19.4 Å². The lowest BCUT2D eigenvalue weighted by atomic mass is 9.91. The minimum absolute atomic E-state index is 0.0716. The zero-order chi connectivity index (χ0) is 23.9. The number of aliphatic carboxylic acids is 1. The summed E-state index contributed by atoms with van der Waals surface area (Å²) in [5.41, 5.74) is 3.27. The maximum atomic E-state index is 11.7. The van der Waals surface area contributed by atoms with Crippen LogP contribution in [0.4, 0.5) is 0 Å². The highest BCUT2D eigenvalue weighted by atomic mass is 79.9. The Kier molecular flexibility index (Phi) is 8.25. The number of hydrogen-bond donors (Lipinski definition) is 1. The van der Waals surface area contributed by atoms with Crippen molar-refractivity contribution in [3.63, 3.8) is 0 Å². The van der Waals surface area contributed by atoms with Gasteiger partial charge in [-0.1, -0.05) is 64.5 Å². The third-order valence-corrected chi connectivity index (χ3v) is 6.70. The van der Waals surface area contributed by atoms with Gasteiger partial charge in [-0.15, -0.1) is 0 Å². The van der Waals surface area contributed by atoms with Crippen LogP contribution < -0.4 is 9.47 Å². The van der Waals surface area contributed by atoms with Crippen LogP contribution in [0.1, 0.15) is 42.5 Å². The largest absolute Gasteiger partial charge is 0.490 e. The van der Waals surface area contributed by atoms with Gasteiger partial charge in [-0.05, 0) is 67.3 Å². The highest BCUT2D eigenvalue weighted by Gasteiger charge is 2.31. The van der Waals surface area contributed by atoms with Crippen LogP contribution in [0.15, 0.2) is 77.3 Å². The van der Waals surface area contributed by atoms with Crippen LogP contribution in [0, 0.1) is 5.92 Å². The number of likely N-dealkylation sites (tertiary alicyclic amines) is 1. The molecule has 0 aliphatic carbocycles. The second-order valence-electron chi connectivity index (χ2n) is 8.54. The van der Waals surface area contributed by atoms with Gasteiger partial charge in [-0.25, -0.2) is 0 Å². The summed E-state index contributed by atoms with van der Waals surface area (Å²) < 4.78 is 13.1. The number of rotatable bonds is 9. The zero-order valence-corrected chi connectivity index (χ0v) is 20.9. The quantitative estimate of drug-likeness (QED) is 0.356. The molecule has 2 atom stereocenters. The first-order valence-corrected chi connectivity index (χ1v) is 12.5. The minimum Gasteiger partial charge on any atom is -0.490 e. The number of ether oxygens (including phenoxy) is 2. The van der Waals surface area contributed by atoms with Crippen molar-refractivity contribution in [3.05, 3.63) is 94.0 Å². The molecule has 0 amide bonds. The van der Waals surface area contributed by atoms with E-state index in [2.05, 4.69) is 39.0 Å². The van der Waals surface area contributed by atoms with Gasteiger partial charge in [-0.2, -0.15) is 0 Å². The van der Waals surface area contributed by atoms with Crippen molar-refractivity contribution >= 4 is 21.9 Å². The van der Waals surface area contributed by atoms with Gasteiger partial charge in [0.1, 0.15) is 6.61 Å². The first kappa shape index (κ1) is 24.3. The average molecular weight is 524 g/mol. The number of nitrogens with zero attached hydrogens (tertiary/aromatic N) is 1. The van der Waals surface area contributed by atoms with E-state index >= 15 is 0 Å². The molecule has 178 valence electrons. The molecule has 0 spiro atoms. The second-order valence-corrected chi connectivity index (χ2v) is 9.46. The lowest BCUT2D eigenvalue weighted by Crippen LogP contribution is -2.41. The molecule has 1 N–H and O–H groups in total. The summed E-state index contributed by atoms with van der Waals surface area (Å²) in [4.78, 5) is 14.0. The second kappa shape index (κ2) is 11.5. The number of hydrogen-bond acceptors (Lipinski definition) is 4. The molecule has 3 aromatic carbocycles. The zero-order valence-electron chi connectivity index (χ0n) is 19.3. The van der Waals surface area contributed by atoms with Crippen molar-refractivity contribution in [2.24, 2.45) is 5.92 Å². The van der Waals surface area contributed by atoms with E-state index in [0.717, 1.165) is 40.5 Å². The number of benzene rings is 3. The molecule has 4 rings (SSSR count). The highest BCUT2D eigenvalue weighted by molar-refractivity contribution is 9.10. The Morgan fingerprint density at radius 2 is 1.76 bits per heavy atom. The van der Waals surface area contributed by atoms with E-state index < -0.39 is 5.97 Å². The fourth-order valence-corrected chi connectivity index (χ4v) is 4.78. The normalized spacial score (nSPS) is 17.2. The molecule has 5 nitrogen and oxygen atoms in total. The van der Waals surface area contributed by atoms with Crippen LogP contribution in [-0.2, 0) is 11.4 Å². The summed E-state index contributed by atoms with van der Waals surface area (Å²) in [6, 6.07) is 24.3. The number of carboxylic acid groups (broad SMARTS) is 1. The number of carbonyl (C=O) groups is 1. The average Bonchev–Trinajstić information content (AvgIpc) is 2.86. The lowest BCUT2D eigenvalue weighted by Gasteiger charge is -2.37. The lowest BCUT2D eigenvalue weighted by molar-refractivity contribution is -0.143. The van der Waals surface area contributed by atoms with Gasteiger partial charge in [0.2, 0.25) is 0 Å². The summed E-state index contributed by atoms with van der Waals surface area (Å²) in [6.07, 6.45) is 1.58. The highest BCUT2D eigenvalue weighted by Crippen LogP contribution is 2.38. The molecule has 34 heavy (non-hydrogen) atoms. The molecule has 0 radical (unpaired) electrons. The number of carboxylic acids is 1. The Labute approximate surface area is 209 Å². The molecule has 0 aromatic heterocycles. The molecular formula is C28H30BrNO4. The van der Waals surface area contributed by atoms with Crippen molar-refractivity contribution in [1.82, 2.24) is 4.90 Å². The molecule has 2 unspecified atom stereocenters. The Bertz CT molecular complexity index is 1090. The molecule has 1 aliphatic heterocycles. The third kappa shape index (κ3) is 5.99. The van der Waals surface area contributed by atoms with E-state index in [1.807, 2.05) is 61.5 Å². The summed E-state index contributed by atoms with van der Waals surface area (Å²) >= 11 is 3.53. The molecule has 0 saturated carbocycles. The first-order valence-electron chi connectivity index (χ1n) is 11.7. The number of piperidine rings is 1. The van der Waals surface area contributed by atoms with Gasteiger partial charge < -0.3 is 14.6 Å². The fourth-order valence-electron chi connectivity index (χ4n) is 4.52. The van der Waals surface area contributed by atoms with E-state index in [1.54, 1.807) is 0 Å². The fraction of sp³-hybridized carbons (Fsp3) is 0.321. The van der Waals surface area contributed by atoms with Gasteiger partial charge in [-0.3, -0.25) is 9.69 Å². The van der Waals surface area contributed by atoms with E-state index in [9.17, 15) is 9.90 Å². The van der Waals surface area contributed by atoms with E-state index in [0.29, 0.717) is 31.3 Å². The molecule has 3 aromatic rings. The standard InChI is InChI=1S/C28H30BrNO4/c1-2-33-26-17-22(12-15-25(26)34-19-20-7-4-3-5-8-20)27(21-10-13-24(29)14-11-21)30-16-6-9-23(18-30)28(31)32/h3-5,7-8,10-15,17,23,27H,2,6,9,16,18-19H2,1H3,(H,31,32). The van der Waals surface area contributed by atoms with E-state index in [4.69, 9.17) is 9.47 Å². The maximum Gasteiger partial charge on any atom is 0.307 e. The van der Waals surface area contributed by atoms with Crippen LogP contribution in [0.2, 0.25) is 0 Å². The molecule has 1 heterocycles. The van der Waals surface area contributed by atoms with Crippen molar-refractivity contribution in [2.75, 3.05) is 19.7 Å². The molecule has 0 bridgehead atoms. The van der Waals surface area contributed by atoms with E-state index in [1.165, 1.54) is 0 Å². The van der Waals surface area contributed by atoms with Crippen molar-refractivity contribution in [3.8, 4) is 11.5 Å². The minimum atomic E-state index is -0.723. The predicted octanol–water partition coefficient (Wildman–Crippen LogP) is 6.31. The SMILES string of the molecule is CCOc1cc(C(c2ccc(Br)cc2)N2CCCC(C(=O)O)C2)ccc1OCc1ccccc1. The van der Waals surface area contributed by atoms with Gasteiger partial charge in [0.25, 0.3) is 0 Å². The summed E-state index contributed by atoms with van der Waals surface area (Å²) in [5, 5.41) is 9.65. The molecule has 1 saturated heterocycles. The van der Waals surface area contributed by atoms with Crippen molar-refractivity contribution in [1.29, 1.82) is 0 Å². The Morgan fingerprint density at radius 3 is 2.47 bits per heavy atom. The summed E-state index contributed by atoms with van der Waals surface area (Å²) in [6.45, 7) is 4.32. The van der Waals surface area contributed by atoms with Crippen LogP contribution in [-0.4, -0.2) is 35.7 Å². The molecule has 1 aliphatic rings. The van der Waals surface area contributed by atoms with Gasteiger partial charge >= 0.3 is 5.97 Å². The Morgan fingerprint density at radius 1 is 1.03 bits per heavy atom. The van der Waals surface area contributed by atoms with Crippen LogP contribution in [0.5, 0.6) is 11.5 Å². The van der Waals surface area contributed by atoms with Crippen LogP contribution in [0.25, 0.3) is 0 Å². The smallest absolute Gasteiger partial charge is 0.307 e. The molecular weight excluding hydrogens is 494 g/mol. The first-order chi connectivity index (χ1) is 16.5. The third-order valence-electron chi connectivity index (χ3n) is 6.17. The van der Waals surface area contributed by atoms with Gasteiger partial charge in [0.15, 0.2) is 11.5 Å². The summed E-state index contributed by atoms with van der Waals surface area (Å²) in [5.74, 6) is 0.321. The molecule has 6 heteroatoms. The summed E-state index contributed by atoms with van der Waals surface area (Å²) in [7, 11) is 0. The maximum absolute atomic E-state index is 11.7. The van der Waals surface area contributed by atoms with E-state index in [-0.39, 0.29) is 12.0 Å². The monoisotopic (exact) mass is 523 g/mol. The van der Waals surface area contributed by atoms with Gasteiger partial charge in [0.05, 0.1) is 18.6 Å². The topological polar surface area (TPSA) is 59.0 Å². The van der Waals surface area contributed by atoms with Crippen molar-refractivity contribution in [2.45, 2.75) is 32.4 Å².